The third-order valence-electron chi connectivity index (χ3n) is 5.17. The van der Waals surface area contributed by atoms with Crippen LogP contribution >= 0.6 is 11.3 Å². The van der Waals surface area contributed by atoms with Gasteiger partial charge in [-0.05, 0) is 37.8 Å². The van der Waals surface area contributed by atoms with Gasteiger partial charge in [-0.3, -0.25) is 0 Å². The molecule has 0 spiro atoms. The molecule has 0 radical (unpaired) electrons. The standard InChI is InChI=1S/C21H23N3O2S/c1-13-8-10-15(11-9-13)19-24-18-17(22-14(2)23-20(18)27-19)12-26-21(25)16-6-4-3-5-7-16/h3-7,13,15H,8-12H2,1-2H3/t13-,15-. The van der Waals surface area contributed by atoms with Crippen molar-refractivity contribution < 1.29 is 9.53 Å². The lowest BCUT2D eigenvalue weighted by Gasteiger charge is -2.24. The molecule has 1 fully saturated rings. The summed E-state index contributed by atoms with van der Waals surface area (Å²) in [5.74, 6) is 1.66. The van der Waals surface area contributed by atoms with Gasteiger partial charge in [0.1, 0.15) is 28.5 Å². The molecule has 2 aromatic heterocycles. The molecule has 0 amide bonds. The third-order valence-corrected chi connectivity index (χ3v) is 6.29. The molecule has 5 nitrogen and oxygen atoms in total. The Labute approximate surface area is 162 Å². The molecule has 1 aromatic carbocycles. The number of ether oxygens (including phenoxy) is 1. The number of hydrogen-bond donors (Lipinski definition) is 0. The highest BCUT2D eigenvalue weighted by Gasteiger charge is 2.24. The first-order chi connectivity index (χ1) is 13.1. The van der Waals surface area contributed by atoms with Gasteiger partial charge in [0.2, 0.25) is 0 Å². The van der Waals surface area contributed by atoms with Crippen LogP contribution in [0.15, 0.2) is 30.3 Å². The van der Waals surface area contributed by atoms with Gasteiger partial charge in [0.15, 0.2) is 0 Å². The molecular formula is C21H23N3O2S. The Kier molecular flexibility index (Phi) is 5.16. The summed E-state index contributed by atoms with van der Waals surface area (Å²) < 4.78 is 5.48. The number of carbonyl (C=O) groups is 1. The molecule has 0 unspecified atom stereocenters. The van der Waals surface area contributed by atoms with Crippen molar-refractivity contribution in [2.75, 3.05) is 0 Å². The van der Waals surface area contributed by atoms with Crippen molar-refractivity contribution in [3.05, 3.63) is 52.4 Å². The molecule has 140 valence electrons. The first-order valence-electron chi connectivity index (χ1n) is 9.46. The number of esters is 1. The van der Waals surface area contributed by atoms with E-state index in [1.54, 1.807) is 23.5 Å². The zero-order valence-electron chi connectivity index (χ0n) is 15.6. The molecule has 6 heteroatoms. The normalized spacial score (nSPS) is 19.9. The first kappa shape index (κ1) is 18.0. The van der Waals surface area contributed by atoms with Gasteiger partial charge in [0.25, 0.3) is 0 Å². The maximum Gasteiger partial charge on any atom is 0.338 e. The average molecular weight is 382 g/mol. The van der Waals surface area contributed by atoms with E-state index in [1.807, 2.05) is 25.1 Å². The summed E-state index contributed by atoms with van der Waals surface area (Å²) in [6.45, 7) is 4.30. The predicted octanol–water partition coefficient (Wildman–Crippen LogP) is 5.05. The van der Waals surface area contributed by atoms with E-state index in [0.29, 0.717) is 23.0 Å². The highest BCUT2D eigenvalue weighted by Crippen LogP contribution is 2.38. The van der Waals surface area contributed by atoms with E-state index in [0.717, 1.165) is 21.3 Å². The van der Waals surface area contributed by atoms with Crippen molar-refractivity contribution in [2.24, 2.45) is 5.92 Å². The fourth-order valence-corrected chi connectivity index (χ4v) is 4.76. The summed E-state index contributed by atoms with van der Waals surface area (Å²) >= 11 is 1.66. The molecule has 1 saturated carbocycles. The number of aromatic nitrogens is 3. The molecule has 0 aliphatic heterocycles. The summed E-state index contributed by atoms with van der Waals surface area (Å²) in [7, 11) is 0. The third kappa shape index (κ3) is 4.00. The Morgan fingerprint density at radius 3 is 2.59 bits per heavy atom. The Hall–Kier alpha value is -2.34. The zero-order valence-corrected chi connectivity index (χ0v) is 16.5. The number of fused-ring (bicyclic) bond motifs is 1. The Balaban J connectivity index is 1.56. The molecule has 0 atom stereocenters. The first-order valence-corrected chi connectivity index (χ1v) is 10.3. The molecule has 1 aliphatic rings. The summed E-state index contributed by atoms with van der Waals surface area (Å²) in [6, 6.07) is 9.00. The SMILES string of the molecule is Cc1nc(COC(=O)c2ccccc2)c2nc([C@H]3CC[C@H](C)CC3)sc2n1. The lowest BCUT2D eigenvalue weighted by atomic mass is 9.83. The molecule has 3 aromatic rings. The number of rotatable bonds is 4. The lowest BCUT2D eigenvalue weighted by Crippen LogP contribution is -2.10. The van der Waals surface area contributed by atoms with E-state index in [9.17, 15) is 4.79 Å². The van der Waals surface area contributed by atoms with Crippen molar-refractivity contribution in [2.45, 2.75) is 52.1 Å². The van der Waals surface area contributed by atoms with Crippen LogP contribution in [0.4, 0.5) is 0 Å². The van der Waals surface area contributed by atoms with Crippen molar-refractivity contribution in [1.82, 2.24) is 15.0 Å². The zero-order chi connectivity index (χ0) is 18.8. The summed E-state index contributed by atoms with van der Waals surface area (Å²) in [4.78, 5) is 27.0. The van der Waals surface area contributed by atoms with E-state index >= 15 is 0 Å². The molecule has 1 aliphatic carbocycles. The number of hydrogen-bond acceptors (Lipinski definition) is 6. The molecular weight excluding hydrogens is 358 g/mol. The number of nitrogens with zero attached hydrogens (tertiary/aromatic N) is 3. The number of carbonyl (C=O) groups excluding carboxylic acids is 1. The quantitative estimate of drug-likeness (QED) is 0.592. The van der Waals surface area contributed by atoms with Crippen LogP contribution in [0, 0.1) is 12.8 Å². The summed E-state index contributed by atoms with van der Waals surface area (Å²) in [5, 5.41) is 1.15. The van der Waals surface area contributed by atoms with Gasteiger partial charge in [0, 0.05) is 5.92 Å². The van der Waals surface area contributed by atoms with Crippen LogP contribution in [0.5, 0.6) is 0 Å². The largest absolute Gasteiger partial charge is 0.455 e. The van der Waals surface area contributed by atoms with Gasteiger partial charge < -0.3 is 4.74 Å². The number of aryl methyl sites for hydroxylation is 1. The van der Waals surface area contributed by atoms with E-state index in [4.69, 9.17) is 9.72 Å². The molecule has 0 bridgehead atoms. The minimum absolute atomic E-state index is 0.110. The van der Waals surface area contributed by atoms with E-state index in [-0.39, 0.29) is 12.6 Å². The Morgan fingerprint density at radius 1 is 1.11 bits per heavy atom. The second-order valence-electron chi connectivity index (χ2n) is 7.32. The van der Waals surface area contributed by atoms with Crippen molar-refractivity contribution in [3.63, 3.8) is 0 Å². The van der Waals surface area contributed by atoms with E-state index in [1.165, 1.54) is 25.7 Å². The molecule has 0 saturated heterocycles. The van der Waals surface area contributed by atoms with Gasteiger partial charge in [-0.2, -0.15) is 0 Å². The van der Waals surface area contributed by atoms with Gasteiger partial charge in [0.05, 0.1) is 10.6 Å². The second kappa shape index (κ2) is 7.72. The average Bonchev–Trinajstić information content (AvgIpc) is 3.11. The number of thiazole rings is 1. The van der Waals surface area contributed by atoms with Gasteiger partial charge >= 0.3 is 5.97 Å². The van der Waals surface area contributed by atoms with Crippen LogP contribution in [0.25, 0.3) is 10.3 Å². The van der Waals surface area contributed by atoms with Gasteiger partial charge in [-0.1, -0.05) is 49.3 Å². The minimum atomic E-state index is -0.350. The van der Waals surface area contributed by atoms with Crippen molar-refractivity contribution in [3.8, 4) is 0 Å². The Morgan fingerprint density at radius 2 is 1.85 bits per heavy atom. The fourth-order valence-electron chi connectivity index (χ4n) is 3.59. The molecule has 4 rings (SSSR count). The summed E-state index contributed by atoms with van der Waals surface area (Å²) in [6.07, 6.45) is 4.89. The van der Waals surface area contributed by atoms with Crippen LogP contribution in [-0.4, -0.2) is 20.9 Å². The highest BCUT2D eigenvalue weighted by molar-refractivity contribution is 7.18. The highest BCUT2D eigenvalue weighted by atomic mass is 32.1. The lowest BCUT2D eigenvalue weighted by molar-refractivity contribution is 0.0469. The second-order valence-corrected chi connectivity index (χ2v) is 8.33. The van der Waals surface area contributed by atoms with Gasteiger partial charge in [-0.25, -0.2) is 19.7 Å². The minimum Gasteiger partial charge on any atom is -0.455 e. The topological polar surface area (TPSA) is 65.0 Å². The molecule has 0 N–H and O–H groups in total. The van der Waals surface area contributed by atoms with Crippen LogP contribution in [0.2, 0.25) is 0 Å². The van der Waals surface area contributed by atoms with Crippen molar-refractivity contribution in [1.29, 1.82) is 0 Å². The molecule has 27 heavy (non-hydrogen) atoms. The summed E-state index contributed by atoms with van der Waals surface area (Å²) in [5.41, 5.74) is 2.00. The van der Waals surface area contributed by atoms with E-state index < -0.39 is 0 Å². The number of benzene rings is 1. The molecule has 2 heterocycles. The van der Waals surface area contributed by atoms with Crippen LogP contribution in [0.1, 0.15) is 65.4 Å². The van der Waals surface area contributed by atoms with Crippen LogP contribution in [0.3, 0.4) is 0 Å². The Bertz CT molecular complexity index is 947. The fraction of sp³-hybridized carbons (Fsp3) is 0.429. The van der Waals surface area contributed by atoms with Crippen molar-refractivity contribution >= 4 is 27.7 Å². The maximum atomic E-state index is 12.2. The maximum absolute atomic E-state index is 12.2. The van der Waals surface area contributed by atoms with Gasteiger partial charge in [-0.15, -0.1) is 0 Å². The van der Waals surface area contributed by atoms with Crippen LogP contribution in [-0.2, 0) is 11.3 Å². The predicted molar refractivity (Wildman–Crippen MR) is 106 cm³/mol. The smallest absolute Gasteiger partial charge is 0.338 e. The van der Waals surface area contributed by atoms with E-state index in [2.05, 4.69) is 16.9 Å². The monoisotopic (exact) mass is 381 g/mol. The van der Waals surface area contributed by atoms with Crippen LogP contribution < -0.4 is 0 Å².